The average Bonchev–Trinajstić information content (AvgIpc) is 3.39. The van der Waals surface area contributed by atoms with E-state index in [1.165, 1.54) is 18.4 Å². The van der Waals surface area contributed by atoms with Crippen LogP contribution in [0.15, 0.2) is 60.0 Å². The van der Waals surface area contributed by atoms with Crippen LogP contribution in [0.1, 0.15) is 43.6 Å². The van der Waals surface area contributed by atoms with Gasteiger partial charge in [-0.15, -0.1) is 0 Å². The summed E-state index contributed by atoms with van der Waals surface area (Å²) in [6.07, 6.45) is 14.9. The number of pyridine rings is 2. The van der Waals surface area contributed by atoms with Gasteiger partial charge in [-0.2, -0.15) is 0 Å². The summed E-state index contributed by atoms with van der Waals surface area (Å²) in [4.78, 5) is 29.3. The monoisotopic (exact) mass is 427 g/mol. The van der Waals surface area contributed by atoms with E-state index in [0.29, 0.717) is 29.3 Å². The fourth-order valence-electron chi connectivity index (χ4n) is 4.55. The predicted octanol–water partition coefficient (Wildman–Crippen LogP) is 3.83. The maximum Gasteiger partial charge on any atom is 0.264 e. The molecular formula is C24H25N7O. The van der Waals surface area contributed by atoms with Crippen LogP contribution in [-0.2, 0) is 0 Å². The molecule has 4 heterocycles. The molecule has 3 N–H and O–H groups in total. The van der Waals surface area contributed by atoms with Crippen LogP contribution in [0.3, 0.4) is 0 Å². The molecule has 0 bridgehead atoms. The molecule has 0 aliphatic heterocycles. The van der Waals surface area contributed by atoms with Crippen LogP contribution < -0.4 is 16.2 Å². The molecule has 2 fully saturated rings. The highest BCUT2D eigenvalue weighted by molar-refractivity contribution is 5.78. The molecule has 0 radical (unpaired) electrons. The number of hydrogen-bond donors (Lipinski definition) is 3. The number of nitrogens with one attached hydrogen (secondary N) is 3. The SMILES string of the molecule is O=c1c2cc[nH]c2ccn1-c1ccc(N[C@H]2CC[C@H](Nc3ncc(C4CC4)cn3)C2)nc1. The van der Waals surface area contributed by atoms with Crippen molar-refractivity contribution in [3.63, 3.8) is 0 Å². The van der Waals surface area contributed by atoms with Crippen molar-refractivity contribution in [1.82, 2.24) is 24.5 Å². The van der Waals surface area contributed by atoms with Gasteiger partial charge in [-0.3, -0.25) is 9.36 Å². The van der Waals surface area contributed by atoms with E-state index in [9.17, 15) is 4.79 Å². The van der Waals surface area contributed by atoms with Crippen LogP contribution in [0.5, 0.6) is 0 Å². The first-order valence-corrected chi connectivity index (χ1v) is 11.2. The van der Waals surface area contributed by atoms with Gasteiger partial charge in [-0.1, -0.05) is 0 Å². The van der Waals surface area contributed by atoms with Crippen molar-refractivity contribution in [1.29, 1.82) is 0 Å². The summed E-state index contributed by atoms with van der Waals surface area (Å²) in [6.45, 7) is 0. The first kappa shape index (κ1) is 19.0. The van der Waals surface area contributed by atoms with E-state index in [1.54, 1.807) is 29.2 Å². The zero-order valence-corrected chi connectivity index (χ0v) is 17.7. The Labute approximate surface area is 185 Å². The van der Waals surface area contributed by atoms with Crippen LogP contribution >= 0.6 is 0 Å². The lowest BCUT2D eigenvalue weighted by molar-refractivity contribution is 0.716. The average molecular weight is 428 g/mol. The second-order valence-corrected chi connectivity index (χ2v) is 8.81. The highest BCUT2D eigenvalue weighted by Crippen LogP contribution is 2.39. The molecule has 0 spiro atoms. The Bertz CT molecular complexity index is 1290. The van der Waals surface area contributed by atoms with Gasteiger partial charge >= 0.3 is 0 Å². The first-order valence-electron chi connectivity index (χ1n) is 11.2. The lowest BCUT2D eigenvalue weighted by atomic mass is 10.2. The Kier molecular flexibility index (Phi) is 4.63. The zero-order chi connectivity index (χ0) is 21.5. The van der Waals surface area contributed by atoms with Crippen LogP contribution in [0.25, 0.3) is 16.6 Å². The van der Waals surface area contributed by atoms with Crippen molar-refractivity contribution in [3.05, 3.63) is 71.2 Å². The summed E-state index contributed by atoms with van der Waals surface area (Å²) in [6, 6.07) is 8.26. The van der Waals surface area contributed by atoms with Gasteiger partial charge in [-0.25, -0.2) is 15.0 Å². The Morgan fingerprint density at radius 2 is 1.72 bits per heavy atom. The molecule has 2 aliphatic carbocycles. The van der Waals surface area contributed by atoms with Crippen LogP contribution in [0, 0.1) is 0 Å². The molecule has 0 aromatic carbocycles. The number of aromatic nitrogens is 5. The van der Waals surface area contributed by atoms with Gasteiger partial charge in [-0.05, 0) is 67.9 Å². The molecule has 0 saturated heterocycles. The van der Waals surface area contributed by atoms with Crippen molar-refractivity contribution in [2.45, 2.75) is 50.1 Å². The molecule has 8 nitrogen and oxygen atoms in total. The molecule has 0 unspecified atom stereocenters. The number of nitrogens with zero attached hydrogens (tertiary/aromatic N) is 4. The van der Waals surface area contributed by atoms with Gasteiger partial charge in [0.25, 0.3) is 5.56 Å². The number of H-pyrrole nitrogens is 1. The molecule has 2 atom stereocenters. The van der Waals surface area contributed by atoms with E-state index in [2.05, 4.69) is 30.6 Å². The molecule has 32 heavy (non-hydrogen) atoms. The number of hydrogen-bond acceptors (Lipinski definition) is 6. The molecule has 0 amide bonds. The van der Waals surface area contributed by atoms with Gasteiger partial charge in [0.15, 0.2) is 0 Å². The summed E-state index contributed by atoms with van der Waals surface area (Å²) in [5.41, 5.74) is 2.79. The zero-order valence-electron chi connectivity index (χ0n) is 17.7. The molecule has 6 rings (SSSR count). The molecule has 4 aromatic heterocycles. The number of fused-ring (bicyclic) bond motifs is 1. The third-order valence-corrected chi connectivity index (χ3v) is 6.48. The van der Waals surface area contributed by atoms with Gasteiger partial charge in [0.1, 0.15) is 5.82 Å². The minimum Gasteiger partial charge on any atom is -0.367 e. The van der Waals surface area contributed by atoms with E-state index in [0.717, 1.165) is 36.3 Å². The molecule has 2 saturated carbocycles. The van der Waals surface area contributed by atoms with Crippen LogP contribution in [0.4, 0.5) is 11.8 Å². The van der Waals surface area contributed by atoms with Crippen molar-refractivity contribution in [3.8, 4) is 5.69 Å². The normalized spacial score (nSPS) is 20.5. The van der Waals surface area contributed by atoms with E-state index in [1.807, 2.05) is 30.6 Å². The molecule has 4 aromatic rings. The van der Waals surface area contributed by atoms with Crippen molar-refractivity contribution < 1.29 is 0 Å². The lowest BCUT2D eigenvalue weighted by Gasteiger charge is -2.15. The van der Waals surface area contributed by atoms with Crippen molar-refractivity contribution >= 4 is 22.7 Å². The Morgan fingerprint density at radius 1 is 0.906 bits per heavy atom. The van der Waals surface area contributed by atoms with Crippen molar-refractivity contribution in [2.75, 3.05) is 10.6 Å². The van der Waals surface area contributed by atoms with E-state index >= 15 is 0 Å². The largest absolute Gasteiger partial charge is 0.367 e. The Hall–Kier alpha value is -3.68. The third kappa shape index (κ3) is 3.72. The maximum absolute atomic E-state index is 12.7. The quantitative estimate of drug-likeness (QED) is 0.432. The van der Waals surface area contributed by atoms with Crippen molar-refractivity contribution in [2.24, 2.45) is 0 Å². The standard InChI is InChI=1S/C24H25N7O/c32-23-20-7-9-25-21(20)8-10-31(23)19-5-6-22(26-14-19)29-17-3-4-18(11-17)30-24-27-12-16(13-28-24)15-1-2-15/h5-10,12-15,17-18,25H,1-4,11H2,(H,26,29)(H,27,28,30)/t17-,18-/m0/s1. The van der Waals surface area contributed by atoms with Crippen LogP contribution in [-0.4, -0.2) is 36.6 Å². The van der Waals surface area contributed by atoms with E-state index in [-0.39, 0.29) is 5.56 Å². The molecule has 162 valence electrons. The van der Waals surface area contributed by atoms with Gasteiger partial charge in [0.05, 0.1) is 22.8 Å². The fraction of sp³-hybridized carbons (Fsp3) is 0.333. The summed E-state index contributed by atoms with van der Waals surface area (Å²) >= 11 is 0. The number of rotatable bonds is 6. The Morgan fingerprint density at radius 3 is 2.47 bits per heavy atom. The maximum atomic E-state index is 12.7. The highest BCUT2D eigenvalue weighted by atomic mass is 16.1. The second-order valence-electron chi connectivity index (χ2n) is 8.81. The first-order chi connectivity index (χ1) is 15.7. The molecule has 8 heteroatoms. The smallest absolute Gasteiger partial charge is 0.264 e. The molecule has 2 aliphatic rings. The summed E-state index contributed by atoms with van der Waals surface area (Å²) in [7, 11) is 0. The van der Waals surface area contributed by atoms with E-state index < -0.39 is 0 Å². The minimum atomic E-state index is -0.0525. The highest BCUT2D eigenvalue weighted by Gasteiger charge is 2.26. The molecular weight excluding hydrogens is 402 g/mol. The van der Waals surface area contributed by atoms with Gasteiger partial charge in [0.2, 0.25) is 5.95 Å². The number of aromatic amines is 1. The number of anilines is 2. The second kappa shape index (κ2) is 7.78. The minimum absolute atomic E-state index is 0.0525. The topological polar surface area (TPSA) is 101 Å². The summed E-state index contributed by atoms with van der Waals surface area (Å²) in [5, 5.41) is 7.66. The predicted molar refractivity (Wildman–Crippen MR) is 124 cm³/mol. The lowest BCUT2D eigenvalue weighted by Crippen LogP contribution is -2.22. The van der Waals surface area contributed by atoms with E-state index in [4.69, 9.17) is 0 Å². The fourth-order valence-corrected chi connectivity index (χ4v) is 4.55. The summed E-state index contributed by atoms with van der Waals surface area (Å²) in [5.74, 6) is 2.21. The third-order valence-electron chi connectivity index (χ3n) is 6.48. The Balaban J connectivity index is 1.08. The summed E-state index contributed by atoms with van der Waals surface area (Å²) < 4.78 is 1.62. The van der Waals surface area contributed by atoms with Gasteiger partial charge in [0, 0.05) is 36.9 Å². The van der Waals surface area contributed by atoms with Crippen LogP contribution in [0.2, 0.25) is 0 Å². The van der Waals surface area contributed by atoms with Gasteiger partial charge < -0.3 is 15.6 Å².